The zero-order chi connectivity index (χ0) is 25.9. The van der Waals surface area contributed by atoms with E-state index in [4.69, 9.17) is 9.47 Å². The van der Waals surface area contributed by atoms with Crippen LogP contribution in [0.25, 0.3) is 0 Å². The van der Waals surface area contributed by atoms with Gasteiger partial charge in [-0.05, 0) is 58.1 Å². The summed E-state index contributed by atoms with van der Waals surface area (Å²) in [4.78, 5) is 37.5. The highest BCUT2D eigenvalue weighted by Gasteiger charge is 2.24. The molecule has 0 spiro atoms. The fourth-order valence-electron chi connectivity index (χ4n) is 3.11. The first-order chi connectivity index (χ1) is 15.8. The second-order valence-electron chi connectivity index (χ2n) is 10.6. The van der Waals surface area contributed by atoms with Crippen LogP contribution in [0.4, 0.5) is 16.2 Å². The molecular formula is C26H43N3O5. The Labute approximate surface area is 204 Å². The molecule has 0 saturated heterocycles. The normalized spacial score (nSPS) is 12.5. The van der Waals surface area contributed by atoms with Crippen LogP contribution in [0.5, 0.6) is 5.75 Å². The van der Waals surface area contributed by atoms with E-state index in [2.05, 4.69) is 31.4 Å². The van der Waals surface area contributed by atoms with Crippen molar-refractivity contribution in [2.75, 3.05) is 23.9 Å². The quantitative estimate of drug-likeness (QED) is 0.306. The molecule has 0 aromatic heterocycles. The van der Waals surface area contributed by atoms with Crippen LogP contribution in [-0.4, -0.2) is 43.7 Å². The van der Waals surface area contributed by atoms with E-state index >= 15 is 0 Å². The van der Waals surface area contributed by atoms with E-state index in [9.17, 15) is 14.4 Å². The number of nitrogens with zero attached hydrogens (tertiary/aromatic N) is 1. The van der Waals surface area contributed by atoms with Gasteiger partial charge in [-0.2, -0.15) is 0 Å². The third-order valence-electron chi connectivity index (χ3n) is 5.54. The fourth-order valence-corrected chi connectivity index (χ4v) is 3.11. The third-order valence-corrected chi connectivity index (χ3v) is 5.54. The Bertz CT molecular complexity index is 812. The molecule has 0 aliphatic rings. The maximum Gasteiger partial charge on any atom is 0.414 e. The monoisotopic (exact) mass is 477 g/mol. The van der Waals surface area contributed by atoms with E-state index in [0.717, 1.165) is 25.7 Å². The summed E-state index contributed by atoms with van der Waals surface area (Å²) >= 11 is 0. The van der Waals surface area contributed by atoms with Gasteiger partial charge in [0, 0.05) is 25.1 Å². The van der Waals surface area contributed by atoms with Crippen molar-refractivity contribution in [2.24, 2.45) is 5.41 Å². The summed E-state index contributed by atoms with van der Waals surface area (Å²) < 4.78 is 11.0. The second kappa shape index (κ2) is 13.2. The molecule has 8 nitrogen and oxygen atoms in total. The molecule has 0 saturated carbocycles. The van der Waals surface area contributed by atoms with Gasteiger partial charge in [-0.1, -0.05) is 33.6 Å². The Hall–Kier alpha value is -2.77. The second-order valence-corrected chi connectivity index (χ2v) is 10.6. The highest BCUT2D eigenvalue weighted by molar-refractivity contribution is 5.89. The van der Waals surface area contributed by atoms with Gasteiger partial charge in [-0.3, -0.25) is 14.5 Å². The van der Waals surface area contributed by atoms with Crippen LogP contribution in [0.3, 0.4) is 0 Å². The molecule has 3 amide bonds. The number of unbranched alkanes of at least 4 members (excludes halogenated alkanes) is 3. The minimum Gasteiger partial charge on any atom is -0.494 e. The van der Waals surface area contributed by atoms with Gasteiger partial charge in [0.15, 0.2) is 0 Å². The first-order valence-electron chi connectivity index (χ1n) is 12.0. The molecule has 1 unspecified atom stereocenters. The molecule has 0 aliphatic heterocycles. The zero-order valence-corrected chi connectivity index (χ0v) is 22.1. The van der Waals surface area contributed by atoms with Gasteiger partial charge in [0.25, 0.3) is 0 Å². The summed E-state index contributed by atoms with van der Waals surface area (Å²) in [5, 5.41) is 5.65. The SMILES string of the molecule is COc1cc(N(CCCCCCC(=O)NC(C)C(C)(C)C)C(=O)OC(C)(C)C)ccc1NC=O. The molecule has 34 heavy (non-hydrogen) atoms. The summed E-state index contributed by atoms with van der Waals surface area (Å²) in [6, 6.07) is 5.26. The first kappa shape index (κ1) is 29.3. The molecule has 1 atom stereocenters. The van der Waals surface area contributed by atoms with Crippen molar-refractivity contribution in [1.29, 1.82) is 0 Å². The number of rotatable bonds is 12. The number of anilines is 2. The average Bonchev–Trinajstić information content (AvgIpc) is 2.71. The molecule has 0 aliphatic carbocycles. The van der Waals surface area contributed by atoms with Gasteiger partial charge in [0.2, 0.25) is 12.3 Å². The predicted octanol–water partition coefficient (Wildman–Crippen LogP) is 5.51. The summed E-state index contributed by atoms with van der Waals surface area (Å²) in [5.74, 6) is 0.530. The zero-order valence-electron chi connectivity index (χ0n) is 22.1. The van der Waals surface area contributed by atoms with Gasteiger partial charge >= 0.3 is 6.09 Å². The highest BCUT2D eigenvalue weighted by Crippen LogP contribution is 2.30. The fraction of sp³-hybridized carbons (Fsp3) is 0.654. The molecule has 192 valence electrons. The molecule has 0 radical (unpaired) electrons. The molecule has 0 bridgehead atoms. The van der Waals surface area contributed by atoms with Gasteiger partial charge < -0.3 is 20.1 Å². The lowest BCUT2D eigenvalue weighted by molar-refractivity contribution is -0.122. The lowest BCUT2D eigenvalue weighted by Crippen LogP contribution is -2.41. The molecule has 0 heterocycles. The van der Waals surface area contributed by atoms with E-state index in [-0.39, 0.29) is 17.4 Å². The van der Waals surface area contributed by atoms with Gasteiger partial charge in [0.05, 0.1) is 18.5 Å². The Balaban J connectivity index is 2.70. The predicted molar refractivity (Wildman–Crippen MR) is 136 cm³/mol. The van der Waals surface area contributed by atoms with Crippen LogP contribution < -0.4 is 20.3 Å². The maximum absolute atomic E-state index is 12.9. The van der Waals surface area contributed by atoms with Crippen molar-refractivity contribution in [3.8, 4) is 5.75 Å². The summed E-state index contributed by atoms with van der Waals surface area (Å²) in [5.41, 5.74) is 0.545. The Morgan fingerprint density at radius 3 is 2.26 bits per heavy atom. The summed E-state index contributed by atoms with van der Waals surface area (Å²) in [6.07, 6.45) is 3.96. The van der Waals surface area contributed by atoms with Crippen molar-refractivity contribution >= 4 is 29.8 Å². The van der Waals surface area contributed by atoms with Crippen molar-refractivity contribution < 1.29 is 23.9 Å². The van der Waals surface area contributed by atoms with Gasteiger partial charge in [0.1, 0.15) is 11.4 Å². The van der Waals surface area contributed by atoms with Gasteiger partial charge in [-0.15, -0.1) is 0 Å². The lowest BCUT2D eigenvalue weighted by Gasteiger charge is -2.28. The Morgan fingerprint density at radius 1 is 1.06 bits per heavy atom. The molecule has 1 aromatic carbocycles. The van der Waals surface area contributed by atoms with Crippen molar-refractivity contribution in [2.45, 2.75) is 92.2 Å². The number of hydrogen-bond donors (Lipinski definition) is 2. The van der Waals surface area contributed by atoms with E-state index < -0.39 is 11.7 Å². The third kappa shape index (κ3) is 10.4. The molecule has 1 rings (SSSR count). The van der Waals surface area contributed by atoms with Crippen molar-refractivity contribution in [3.63, 3.8) is 0 Å². The summed E-state index contributed by atoms with van der Waals surface area (Å²) in [6.45, 7) is 14.3. The molecule has 1 aromatic rings. The van der Waals surface area contributed by atoms with Crippen LogP contribution in [0.2, 0.25) is 0 Å². The number of hydrogen-bond acceptors (Lipinski definition) is 5. The number of amides is 3. The van der Waals surface area contributed by atoms with Crippen molar-refractivity contribution in [1.82, 2.24) is 5.32 Å². The van der Waals surface area contributed by atoms with E-state index in [1.165, 1.54) is 7.11 Å². The minimum absolute atomic E-state index is 0.0327. The average molecular weight is 478 g/mol. The van der Waals surface area contributed by atoms with Crippen molar-refractivity contribution in [3.05, 3.63) is 18.2 Å². The standard InChI is InChI=1S/C26H43N3O5/c1-19(25(2,3)4)28-23(31)13-11-9-10-12-16-29(24(32)34-26(5,6)7)20-14-15-21(27-18-30)22(17-20)33-8/h14-15,17-19H,9-13,16H2,1-8H3,(H,27,30)(H,28,31). The van der Waals surface area contributed by atoms with Gasteiger partial charge in [-0.25, -0.2) is 4.79 Å². The Morgan fingerprint density at radius 2 is 1.71 bits per heavy atom. The van der Waals surface area contributed by atoms with E-state index in [0.29, 0.717) is 36.5 Å². The smallest absolute Gasteiger partial charge is 0.414 e. The number of benzene rings is 1. The number of methoxy groups -OCH3 is 1. The topological polar surface area (TPSA) is 97.0 Å². The minimum atomic E-state index is -0.629. The number of ether oxygens (including phenoxy) is 2. The van der Waals surface area contributed by atoms with E-state index in [1.807, 2.05) is 27.7 Å². The van der Waals surface area contributed by atoms with Crippen LogP contribution in [0, 0.1) is 5.41 Å². The lowest BCUT2D eigenvalue weighted by atomic mass is 9.88. The highest BCUT2D eigenvalue weighted by atomic mass is 16.6. The number of nitrogens with one attached hydrogen (secondary N) is 2. The number of carbonyl (C=O) groups is 3. The van der Waals surface area contributed by atoms with Crippen LogP contribution in [0.15, 0.2) is 18.2 Å². The first-order valence-corrected chi connectivity index (χ1v) is 12.0. The molecule has 8 heteroatoms. The van der Waals surface area contributed by atoms with E-state index in [1.54, 1.807) is 23.1 Å². The van der Waals surface area contributed by atoms with Crippen LogP contribution >= 0.6 is 0 Å². The number of carbonyl (C=O) groups excluding carboxylic acids is 3. The summed E-state index contributed by atoms with van der Waals surface area (Å²) in [7, 11) is 1.51. The molecule has 2 N–H and O–H groups in total. The molecular weight excluding hydrogens is 434 g/mol. The van der Waals surface area contributed by atoms with Crippen LogP contribution in [-0.2, 0) is 14.3 Å². The Kier molecular flexibility index (Phi) is 11.4. The largest absolute Gasteiger partial charge is 0.494 e. The molecule has 0 fully saturated rings. The maximum atomic E-state index is 12.9. The van der Waals surface area contributed by atoms with Crippen LogP contribution in [0.1, 0.15) is 80.6 Å².